The first-order chi connectivity index (χ1) is 9.04. The van der Waals surface area contributed by atoms with E-state index >= 15 is 0 Å². The van der Waals surface area contributed by atoms with Gasteiger partial charge in [0.15, 0.2) is 0 Å². The summed E-state index contributed by atoms with van der Waals surface area (Å²) in [6.07, 6.45) is 3.96. The van der Waals surface area contributed by atoms with Gasteiger partial charge in [-0.15, -0.1) is 0 Å². The third-order valence-electron chi connectivity index (χ3n) is 4.78. The fourth-order valence-electron chi connectivity index (χ4n) is 3.35. The highest BCUT2D eigenvalue weighted by Crippen LogP contribution is 2.42. The number of hydrogen-bond acceptors (Lipinski definition) is 3. The first-order valence-electron chi connectivity index (χ1n) is 7.26. The quantitative estimate of drug-likeness (QED) is 0.799. The summed E-state index contributed by atoms with van der Waals surface area (Å²) in [4.78, 5) is 26.8. The summed E-state index contributed by atoms with van der Waals surface area (Å²) in [6.45, 7) is 5.02. The molecule has 106 valence electrons. The first kappa shape index (κ1) is 12.9. The van der Waals surface area contributed by atoms with Crippen molar-refractivity contribution in [2.45, 2.75) is 57.2 Å². The number of nitrogens with one attached hydrogen (secondary N) is 1. The molecule has 2 amide bonds. The average Bonchev–Trinajstić information content (AvgIpc) is 3.23. The third kappa shape index (κ3) is 2.04. The van der Waals surface area contributed by atoms with Crippen LogP contribution < -0.4 is 5.32 Å². The standard InChI is InChI=1S/C14H22N2O3/c1-9-12(17)15-14(2,10-5-6-10)13(18)16(9)11-4-3-7-19-8-11/h9-11H,3-8H2,1-2H3,(H,15,17). The van der Waals surface area contributed by atoms with E-state index in [1.807, 2.05) is 13.8 Å². The topological polar surface area (TPSA) is 58.6 Å². The Kier molecular flexibility index (Phi) is 3.04. The predicted molar refractivity (Wildman–Crippen MR) is 69.4 cm³/mol. The van der Waals surface area contributed by atoms with E-state index in [-0.39, 0.29) is 23.9 Å². The molecule has 0 aromatic carbocycles. The van der Waals surface area contributed by atoms with E-state index in [1.54, 1.807) is 4.90 Å². The molecule has 0 bridgehead atoms. The van der Waals surface area contributed by atoms with Gasteiger partial charge in [-0.1, -0.05) is 0 Å². The summed E-state index contributed by atoms with van der Waals surface area (Å²) < 4.78 is 5.49. The van der Waals surface area contributed by atoms with Crippen LogP contribution in [0, 0.1) is 5.92 Å². The van der Waals surface area contributed by atoms with Crippen LogP contribution in [0.1, 0.15) is 39.5 Å². The highest BCUT2D eigenvalue weighted by Gasteiger charge is 2.55. The number of piperazine rings is 1. The second-order valence-corrected chi connectivity index (χ2v) is 6.23. The van der Waals surface area contributed by atoms with Crippen LogP contribution in [0.5, 0.6) is 0 Å². The predicted octanol–water partition coefficient (Wildman–Crippen LogP) is 0.681. The van der Waals surface area contributed by atoms with Crippen molar-refractivity contribution in [1.29, 1.82) is 0 Å². The average molecular weight is 266 g/mol. The highest BCUT2D eigenvalue weighted by atomic mass is 16.5. The Bertz CT molecular complexity index is 401. The van der Waals surface area contributed by atoms with Gasteiger partial charge in [0.05, 0.1) is 12.6 Å². The van der Waals surface area contributed by atoms with Gasteiger partial charge < -0.3 is 15.0 Å². The van der Waals surface area contributed by atoms with Crippen molar-refractivity contribution in [3.8, 4) is 0 Å². The molecule has 0 aromatic rings. The Labute approximate surface area is 113 Å². The lowest BCUT2D eigenvalue weighted by molar-refractivity contribution is -0.160. The molecule has 2 saturated heterocycles. The van der Waals surface area contributed by atoms with E-state index in [0.717, 1.165) is 32.3 Å². The van der Waals surface area contributed by atoms with Crippen LogP contribution >= 0.6 is 0 Å². The molecule has 1 saturated carbocycles. The van der Waals surface area contributed by atoms with Gasteiger partial charge in [-0.25, -0.2) is 0 Å². The van der Waals surface area contributed by atoms with E-state index in [4.69, 9.17) is 4.74 Å². The number of ether oxygens (including phenoxy) is 1. The van der Waals surface area contributed by atoms with Crippen molar-refractivity contribution in [3.05, 3.63) is 0 Å². The Balaban J connectivity index is 1.86. The number of amides is 2. The minimum atomic E-state index is -0.693. The van der Waals surface area contributed by atoms with Crippen LogP contribution in [0.3, 0.4) is 0 Å². The number of hydrogen-bond donors (Lipinski definition) is 1. The summed E-state index contributed by atoms with van der Waals surface area (Å²) in [5, 5.41) is 2.95. The summed E-state index contributed by atoms with van der Waals surface area (Å²) >= 11 is 0. The van der Waals surface area contributed by atoms with Crippen molar-refractivity contribution >= 4 is 11.8 Å². The molecule has 0 spiro atoms. The summed E-state index contributed by atoms with van der Waals surface area (Å²) in [6, 6.07) is -0.327. The Morgan fingerprint density at radius 3 is 2.63 bits per heavy atom. The zero-order valence-corrected chi connectivity index (χ0v) is 11.6. The van der Waals surface area contributed by atoms with E-state index < -0.39 is 5.54 Å². The maximum atomic E-state index is 12.8. The molecule has 3 fully saturated rings. The van der Waals surface area contributed by atoms with Crippen LogP contribution in [-0.2, 0) is 14.3 Å². The lowest BCUT2D eigenvalue weighted by atomic mass is 9.88. The van der Waals surface area contributed by atoms with Crippen molar-refractivity contribution in [2.75, 3.05) is 13.2 Å². The molecule has 2 heterocycles. The van der Waals surface area contributed by atoms with Gasteiger partial charge in [-0.2, -0.15) is 0 Å². The van der Waals surface area contributed by atoms with Gasteiger partial charge in [0.1, 0.15) is 11.6 Å². The van der Waals surface area contributed by atoms with Gasteiger partial charge in [0, 0.05) is 6.61 Å². The molecule has 5 nitrogen and oxygen atoms in total. The van der Waals surface area contributed by atoms with Crippen molar-refractivity contribution < 1.29 is 14.3 Å². The fourth-order valence-corrected chi connectivity index (χ4v) is 3.35. The lowest BCUT2D eigenvalue weighted by Crippen LogP contribution is -2.71. The molecule has 5 heteroatoms. The molecular weight excluding hydrogens is 244 g/mol. The Morgan fingerprint density at radius 2 is 2.05 bits per heavy atom. The van der Waals surface area contributed by atoms with Gasteiger partial charge in [0.25, 0.3) is 0 Å². The number of carbonyl (C=O) groups excluding carboxylic acids is 2. The molecule has 0 aromatic heterocycles. The van der Waals surface area contributed by atoms with Gasteiger partial charge in [0.2, 0.25) is 11.8 Å². The van der Waals surface area contributed by atoms with Crippen LogP contribution in [0.2, 0.25) is 0 Å². The second-order valence-electron chi connectivity index (χ2n) is 6.23. The van der Waals surface area contributed by atoms with E-state index in [9.17, 15) is 9.59 Å². The Morgan fingerprint density at radius 1 is 1.32 bits per heavy atom. The SMILES string of the molecule is CC1C(=O)NC(C)(C2CC2)C(=O)N1C1CCCOC1. The van der Waals surface area contributed by atoms with Crippen LogP contribution in [0.4, 0.5) is 0 Å². The smallest absolute Gasteiger partial charge is 0.249 e. The fraction of sp³-hybridized carbons (Fsp3) is 0.857. The zero-order valence-electron chi connectivity index (χ0n) is 11.6. The number of carbonyl (C=O) groups is 2. The molecule has 19 heavy (non-hydrogen) atoms. The van der Waals surface area contributed by atoms with Crippen LogP contribution in [0.25, 0.3) is 0 Å². The minimum absolute atomic E-state index is 0.0282. The van der Waals surface area contributed by atoms with Crippen molar-refractivity contribution in [1.82, 2.24) is 10.2 Å². The molecule has 3 rings (SSSR count). The molecule has 3 aliphatic rings. The molecule has 1 aliphatic carbocycles. The molecule has 1 N–H and O–H groups in total. The van der Waals surface area contributed by atoms with Crippen molar-refractivity contribution in [2.24, 2.45) is 5.92 Å². The molecule has 0 radical (unpaired) electrons. The highest BCUT2D eigenvalue weighted by molar-refractivity contribution is 6.00. The zero-order chi connectivity index (χ0) is 13.6. The maximum Gasteiger partial charge on any atom is 0.249 e. The van der Waals surface area contributed by atoms with E-state index in [1.165, 1.54) is 0 Å². The number of nitrogens with zero attached hydrogens (tertiary/aromatic N) is 1. The lowest BCUT2D eigenvalue weighted by Gasteiger charge is -2.47. The van der Waals surface area contributed by atoms with E-state index in [0.29, 0.717) is 12.5 Å². The summed E-state index contributed by atoms with van der Waals surface area (Å²) in [5.74, 6) is 0.362. The normalized spacial score (nSPS) is 40.2. The largest absolute Gasteiger partial charge is 0.379 e. The molecule has 3 unspecified atom stereocenters. The van der Waals surface area contributed by atoms with Gasteiger partial charge >= 0.3 is 0 Å². The van der Waals surface area contributed by atoms with Crippen molar-refractivity contribution in [3.63, 3.8) is 0 Å². The van der Waals surface area contributed by atoms with Crippen LogP contribution in [-0.4, -0.2) is 47.6 Å². The van der Waals surface area contributed by atoms with Gasteiger partial charge in [-0.05, 0) is 45.4 Å². The summed E-state index contributed by atoms with van der Waals surface area (Å²) in [7, 11) is 0. The Hall–Kier alpha value is -1.10. The number of rotatable bonds is 2. The molecule has 3 atom stereocenters. The molecule has 2 aliphatic heterocycles. The summed E-state index contributed by atoms with van der Waals surface area (Å²) in [5.41, 5.74) is -0.693. The minimum Gasteiger partial charge on any atom is -0.379 e. The van der Waals surface area contributed by atoms with E-state index in [2.05, 4.69) is 5.32 Å². The third-order valence-corrected chi connectivity index (χ3v) is 4.78. The van der Waals surface area contributed by atoms with Crippen LogP contribution in [0.15, 0.2) is 0 Å². The molecular formula is C14H22N2O3. The second kappa shape index (κ2) is 4.47. The maximum absolute atomic E-state index is 12.8. The first-order valence-corrected chi connectivity index (χ1v) is 7.26. The monoisotopic (exact) mass is 266 g/mol. The van der Waals surface area contributed by atoms with Gasteiger partial charge in [-0.3, -0.25) is 9.59 Å².